The van der Waals surface area contributed by atoms with E-state index in [4.69, 9.17) is 0 Å². The minimum Gasteiger partial charge on any atom is -0.388 e. The molecule has 18 heavy (non-hydrogen) atoms. The standard InChI is InChI=1S/C13H14BrIN2O/c1-2-17-6-5-16-13(17)8-12(18)10-7-9(14)3-4-11(10)15/h3-7,12,18H,2,8H2,1H3. The van der Waals surface area contributed by atoms with Gasteiger partial charge in [-0.2, -0.15) is 0 Å². The molecule has 2 rings (SSSR count). The van der Waals surface area contributed by atoms with E-state index in [-0.39, 0.29) is 0 Å². The zero-order valence-electron chi connectivity index (χ0n) is 9.98. The Morgan fingerprint density at radius 1 is 1.50 bits per heavy atom. The van der Waals surface area contributed by atoms with E-state index in [2.05, 4.69) is 50.4 Å². The molecule has 1 aromatic heterocycles. The number of aliphatic hydroxyl groups is 1. The van der Waals surface area contributed by atoms with Crippen LogP contribution < -0.4 is 0 Å². The van der Waals surface area contributed by atoms with Crippen molar-refractivity contribution in [1.29, 1.82) is 0 Å². The molecule has 0 spiro atoms. The molecule has 0 saturated carbocycles. The Kier molecular flexibility index (Phi) is 4.80. The molecule has 0 aliphatic rings. The molecule has 5 heteroatoms. The second kappa shape index (κ2) is 6.16. The van der Waals surface area contributed by atoms with E-state index in [1.807, 2.05) is 29.0 Å². The Morgan fingerprint density at radius 2 is 2.28 bits per heavy atom. The zero-order chi connectivity index (χ0) is 13.1. The van der Waals surface area contributed by atoms with Gasteiger partial charge in [-0.05, 0) is 53.3 Å². The molecule has 1 aromatic carbocycles. The second-order valence-corrected chi connectivity index (χ2v) is 6.09. The Hall–Kier alpha value is -0.400. The number of hydrogen-bond donors (Lipinski definition) is 1. The highest BCUT2D eigenvalue weighted by atomic mass is 127. The average Bonchev–Trinajstić information content (AvgIpc) is 2.79. The Labute approximate surface area is 129 Å². The molecule has 0 fully saturated rings. The van der Waals surface area contributed by atoms with Crippen molar-refractivity contribution in [2.45, 2.75) is 26.0 Å². The number of rotatable bonds is 4. The molecule has 0 saturated heterocycles. The predicted molar refractivity (Wildman–Crippen MR) is 83.4 cm³/mol. The fourth-order valence-corrected chi connectivity index (χ4v) is 2.94. The monoisotopic (exact) mass is 420 g/mol. The Morgan fingerprint density at radius 3 is 3.00 bits per heavy atom. The first-order chi connectivity index (χ1) is 8.61. The van der Waals surface area contributed by atoms with Crippen LogP contribution in [0.25, 0.3) is 0 Å². The highest BCUT2D eigenvalue weighted by Crippen LogP contribution is 2.26. The zero-order valence-corrected chi connectivity index (χ0v) is 13.7. The van der Waals surface area contributed by atoms with Crippen LogP contribution >= 0.6 is 38.5 Å². The molecule has 96 valence electrons. The van der Waals surface area contributed by atoms with Gasteiger partial charge >= 0.3 is 0 Å². The summed E-state index contributed by atoms with van der Waals surface area (Å²) >= 11 is 5.68. The number of nitrogens with zero attached hydrogens (tertiary/aromatic N) is 2. The maximum Gasteiger partial charge on any atom is 0.111 e. The van der Waals surface area contributed by atoms with Gasteiger partial charge in [-0.25, -0.2) is 4.98 Å². The van der Waals surface area contributed by atoms with Crippen LogP contribution in [-0.4, -0.2) is 14.7 Å². The van der Waals surface area contributed by atoms with Crippen LogP contribution in [0.1, 0.15) is 24.4 Å². The van der Waals surface area contributed by atoms with E-state index in [0.29, 0.717) is 6.42 Å². The van der Waals surface area contributed by atoms with E-state index in [9.17, 15) is 5.11 Å². The average molecular weight is 421 g/mol. The molecule has 0 bridgehead atoms. The van der Waals surface area contributed by atoms with Crippen molar-refractivity contribution in [3.8, 4) is 0 Å². The summed E-state index contributed by atoms with van der Waals surface area (Å²) in [5.74, 6) is 0.917. The smallest absolute Gasteiger partial charge is 0.111 e. The number of hydrogen-bond acceptors (Lipinski definition) is 2. The molecule has 1 heterocycles. The summed E-state index contributed by atoms with van der Waals surface area (Å²) in [4.78, 5) is 4.29. The van der Waals surface area contributed by atoms with Crippen molar-refractivity contribution in [3.05, 3.63) is 50.0 Å². The third kappa shape index (κ3) is 3.13. The largest absolute Gasteiger partial charge is 0.388 e. The highest BCUT2D eigenvalue weighted by Gasteiger charge is 2.15. The Balaban J connectivity index is 2.21. The Bertz CT molecular complexity index is 542. The molecule has 2 aromatic rings. The van der Waals surface area contributed by atoms with Crippen LogP contribution in [0, 0.1) is 3.57 Å². The molecule has 0 aliphatic heterocycles. The van der Waals surface area contributed by atoms with Crippen molar-refractivity contribution in [3.63, 3.8) is 0 Å². The lowest BCUT2D eigenvalue weighted by atomic mass is 10.1. The fourth-order valence-electron chi connectivity index (χ4n) is 1.87. The maximum absolute atomic E-state index is 10.3. The number of aliphatic hydroxyl groups excluding tert-OH is 1. The molecular weight excluding hydrogens is 407 g/mol. The van der Waals surface area contributed by atoms with Crippen LogP contribution in [0.15, 0.2) is 35.1 Å². The predicted octanol–water partition coefficient (Wildman–Crippen LogP) is 3.55. The van der Waals surface area contributed by atoms with Crippen molar-refractivity contribution in [2.24, 2.45) is 0 Å². The lowest BCUT2D eigenvalue weighted by Gasteiger charge is -2.14. The normalized spacial score (nSPS) is 12.7. The number of benzene rings is 1. The third-order valence-corrected chi connectivity index (χ3v) is 4.31. The summed E-state index contributed by atoms with van der Waals surface area (Å²) in [7, 11) is 0. The van der Waals surface area contributed by atoms with Crippen LogP contribution in [0.3, 0.4) is 0 Å². The van der Waals surface area contributed by atoms with Gasteiger partial charge in [0.05, 0.1) is 6.10 Å². The van der Waals surface area contributed by atoms with Crippen LogP contribution in [0.2, 0.25) is 0 Å². The summed E-state index contributed by atoms with van der Waals surface area (Å²) in [5, 5.41) is 10.3. The van der Waals surface area contributed by atoms with E-state index in [0.717, 1.165) is 26.0 Å². The third-order valence-electron chi connectivity index (χ3n) is 2.84. The number of imidazole rings is 1. The minimum absolute atomic E-state index is 0.526. The summed E-state index contributed by atoms with van der Waals surface area (Å²) in [6.45, 7) is 2.94. The van der Waals surface area contributed by atoms with Crippen molar-refractivity contribution < 1.29 is 5.11 Å². The lowest BCUT2D eigenvalue weighted by molar-refractivity contribution is 0.173. The van der Waals surface area contributed by atoms with Crippen molar-refractivity contribution in [1.82, 2.24) is 9.55 Å². The number of aromatic nitrogens is 2. The van der Waals surface area contributed by atoms with Gasteiger partial charge in [0.25, 0.3) is 0 Å². The van der Waals surface area contributed by atoms with Crippen LogP contribution in [-0.2, 0) is 13.0 Å². The van der Waals surface area contributed by atoms with E-state index in [1.165, 1.54) is 0 Å². The summed E-state index contributed by atoms with van der Waals surface area (Å²) in [6.07, 6.45) is 3.72. The van der Waals surface area contributed by atoms with Crippen molar-refractivity contribution >= 4 is 38.5 Å². The quantitative estimate of drug-likeness (QED) is 0.768. The van der Waals surface area contributed by atoms with Gasteiger partial charge in [-0.15, -0.1) is 0 Å². The molecular formula is C13H14BrIN2O. The number of halogens is 2. The topological polar surface area (TPSA) is 38.0 Å². The molecule has 0 radical (unpaired) electrons. The highest BCUT2D eigenvalue weighted by molar-refractivity contribution is 14.1. The van der Waals surface area contributed by atoms with E-state index in [1.54, 1.807) is 6.20 Å². The fraction of sp³-hybridized carbons (Fsp3) is 0.308. The minimum atomic E-state index is -0.526. The molecule has 1 N–H and O–H groups in total. The first kappa shape index (κ1) is 14.0. The maximum atomic E-state index is 10.3. The van der Waals surface area contributed by atoms with Crippen LogP contribution in [0.4, 0.5) is 0 Å². The summed E-state index contributed by atoms with van der Waals surface area (Å²) in [5.41, 5.74) is 0.940. The van der Waals surface area contributed by atoms with Gasteiger partial charge in [-0.3, -0.25) is 0 Å². The lowest BCUT2D eigenvalue weighted by Crippen LogP contribution is -2.09. The van der Waals surface area contributed by atoms with Gasteiger partial charge in [-0.1, -0.05) is 15.9 Å². The van der Waals surface area contributed by atoms with Gasteiger partial charge < -0.3 is 9.67 Å². The molecule has 1 atom stereocenters. The van der Waals surface area contributed by atoms with Crippen molar-refractivity contribution in [2.75, 3.05) is 0 Å². The SMILES string of the molecule is CCn1ccnc1CC(O)c1cc(Br)ccc1I. The molecule has 3 nitrogen and oxygen atoms in total. The summed E-state index contributed by atoms with van der Waals surface area (Å²) in [6, 6.07) is 5.94. The van der Waals surface area contributed by atoms with Gasteiger partial charge in [0, 0.05) is 33.4 Å². The second-order valence-electron chi connectivity index (χ2n) is 4.02. The molecule has 0 amide bonds. The van der Waals surface area contributed by atoms with Gasteiger partial charge in [0.2, 0.25) is 0 Å². The van der Waals surface area contributed by atoms with E-state index < -0.39 is 6.10 Å². The van der Waals surface area contributed by atoms with Gasteiger partial charge in [0.1, 0.15) is 5.82 Å². The molecule has 0 aliphatic carbocycles. The van der Waals surface area contributed by atoms with Gasteiger partial charge in [0.15, 0.2) is 0 Å². The first-order valence-corrected chi connectivity index (χ1v) is 7.62. The first-order valence-electron chi connectivity index (χ1n) is 5.74. The number of aryl methyl sites for hydroxylation is 1. The van der Waals surface area contributed by atoms with E-state index >= 15 is 0 Å². The molecule has 1 unspecified atom stereocenters. The van der Waals surface area contributed by atoms with Crippen LogP contribution in [0.5, 0.6) is 0 Å². The summed E-state index contributed by atoms with van der Waals surface area (Å²) < 4.78 is 4.10.